The molecule has 2 aliphatic heterocycles. The molecule has 292 valence electrons. The number of hydrogen-bond acceptors (Lipinski definition) is 5. The number of anilines is 1. The number of carbonyl (C=O) groups excluding carboxylic acids is 1. The van der Waals surface area contributed by atoms with Gasteiger partial charge in [-0.2, -0.15) is 0 Å². The normalized spacial score (nSPS) is 19.4. The van der Waals surface area contributed by atoms with Crippen molar-refractivity contribution in [3.63, 3.8) is 0 Å². The fourth-order valence-corrected chi connectivity index (χ4v) is 10.5. The number of aromatic nitrogens is 2. The standard InChI is InChI=1S/C26H25BrClN3O.C19H20BrClN2.CH4/c27-19-13-18-6-5-17-14-20(28)7-8-21(17)24(25(18)30-15-19)16-9-11-31(12-10-16)26(32)22-3-1-2-4-23(22)29;20-15-9-14-2-1-13-10-16(21)3-4-17(13)18(19(14)23-11-15)12-5-7-22-8-6-12;/h1-4,7-8,13-16,24H,5-6,9-12,29H2;3-4,9-12,18,22H,1-2,5-8H2;1H4/t24-;18-;/m11./s1. The van der Waals surface area contributed by atoms with Crippen LogP contribution in [0.3, 0.4) is 0 Å². The number of rotatable bonds is 3. The number of hydrogen-bond donors (Lipinski definition) is 2. The summed E-state index contributed by atoms with van der Waals surface area (Å²) in [6.45, 7) is 3.66. The summed E-state index contributed by atoms with van der Waals surface area (Å²) in [4.78, 5) is 24.7. The van der Waals surface area contributed by atoms with E-state index in [2.05, 4.69) is 73.6 Å². The maximum absolute atomic E-state index is 13.0. The van der Waals surface area contributed by atoms with Gasteiger partial charge < -0.3 is 16.0 Å². The number of piperidine rings is 2. The fourth-order valence-electron chi connectivity index (χ4n) is 9.40. The van der Waals surface area contributed by atoms with Gasteiger partial charge in [-0.1, -0.05) is 54.9 Å². The number of likely N-dealkylation sites (tertiary alicyclic amines) is 1. The van der Waals surface area contributed by atoms with Gasteiger partial charge in [-0.15, -0.1) is 0 Å². The molecule has 3 aromatic carbocycles. The summed E-state index contributed by atoms with van der Waals surface area (Å²) >= 11 is 19.8. The molecule has 3 N–H and O–H groups in total. The summed E-state index contributed by atoms with van der Waals surface area (Å²) in [5, 5.41) is 5.11. The Labute approximate surface area is 358 Å². The zero-order valence-electron chi connectivity index (χ0n) is 30.7. The van der Waals surface area contributed by atoms with Gasteiger partial charge in [0.2, 0.25) is 0 Å². The van der Waals surface area contributed by atoms with Gasteiger partial charge in [0.05, 0.1) is 17.0 Å². The smallest absolute Gasteiger partial charge is 0.255 e. The first-order chi connectivity index (χ1) is 26.7. The third-order valence-corrected chi connectivity index (χ3v) is 13.4. The van der Waals surface area contributed by atoms with Crippen molar-refractivity contribution in [2.75, 3.05) is 31.9 Å². The maximum atomic E-state index is 13.0. The molecule has 2 aliphatic carbocycles. The first-order valence-electron chi connectivity index (χ1n) is 19.4. The lowest BCUT2D eigenvalue weighted by Crippen LogP contribution is -2.40. The number of halogens is 4. The van der Waals surface area contributed by atoms with Crippen LogP contribution in [0.1, 0.15) is 100 Å². The van der Waals surface area contributed by atoms with Crippen molar-refractivity contribution in [2.45, 2.75) is 70.6 Å². The van der Waals surface area contributed by atoms with Crippen LogP contribution in [-0.4, -0.2) is 47.0 Å². The minimum absolute atomic E-state index is 0. The summed E-state index contributed by atoms with van der Waals surface area (Å²) in [6.07, 6.45) is 12.1. The van der Waals surface area contributed by atoms with E-state index in [9.17, 15) is 4.79 Å². The van der Waals surface area contributed by atoms with E-state index in [1.54, 1.807) is 6.07 Å². The number of nitrogens with zero attached hydrogens (tertiary/aromatic N) is 3. The molecule has 0 unspecified atom stereocenters. The van der Waals surface area contributed by atoms with Gasteiger partial charge in [0.15, 0.2) is 0 Å². The number of para-hydroxylation sites is 1. The van der Waals surface area contributed by atoms with Crippen LogP contribution in [0.25, 0.3) is 0 Å². The predicted octanol–water partition coefficient (Wildman–Crippen LogP) is 11.2. The van der Waals surface area contributed by atoms with Crippen LogP contribution < -0.4 is 11.1 Å². The molecule has 0 bridgehead atoms. The van der Waals surface area contributed by atoms with Crippen LogP contribution in [0.5, 0.6) is 0 Å². The van der Waals surface area contributed by atoms with E-state index in [4.69, 9.17) is 38.9 Å². The van der Waals surface area contributed by atoms with E-state index in [0.29, 0.717) is 29.0 Å². The minimum atomic E-state index is 0. The molecule has 1 amide bonds. The molecular weight excluding hydrogens is 869 g/mol. The third-order valence-electron chi connectivity index (χ3n) is 12.1. The summed E-state index contributed by atoms with van der Waals surface area (Å²) in [5.74, 6) is 1.71. The van der Waals surface area contributed by atoms with E-state index in [1.165, 1.54) is 57.6 Å². The van der Waals surface area contributed by atoms with Crippen LogP contribution in [0.15, 0.2) is 94.1 Å². The van der Waals surface area contributed by atoms with E-state index in [1.807, 2.05) is 47.6 Å². The van der Waals surface area contributed by atoms with Crippen LogP contribution >= 0.6 is 55.1 Å². The first kappa shape index (κ1) is 40.9. The molecule has 4 aliphatic rings. The van der Waals surface area contributed by atoms with E-state index < -0.39 is 0 Å². The lowest BCUT2D eigenvalue weighted by molar-refractivity contribution is 0.0684. The maximum Gasteiger partial charge on any atom is 0.255 e. The Morgan fingerprint density at radius 3 is 1.68 bits per heavy atom. The molecule has 9 rings (SSSR count). The fraction of sp³-hybridized carbons (Fsp3) is 0.370. The minimum Gasteiger partial charge on any atom is -0.398 e. The topological polar surface area (TPSA) is 84.1 Å². The number of aryl methyl sites for hydroxylation is 4. The van der Waals surface area contributed by atoms with Crippen LogP contribution in [-0.2, 0) is 25.7 Å². The van der Waals surface area contributed by atoms with Crippen molar-refractivity contribution < 1.29 is 4.79 Å². The lowest BCUT2D eigenvalue weighted by Gasteiger charge is -2.37. The van der Waals surface area contributed by atoms with E-state index >= 15 is 0 Å². The van der Waals surface area contributed by atoms with Crippen LogP contribution in [0, 0.1) is 11.8 Å². The average molecular weight is 919 g/mol. The number of carbonyl (C=O) groups is 1. The predicted molar refractivity (Wildman–Crippen MR) is 237 cm³/mol. The number of nitrogens with one attached hydrogen (secondary N) is 1. The van der Waals surface area contributed by atoms with Crippen molar-refractivity contribution in [1.29, 1.82) is 0 Å². The molecule has 0 saturated carbocycles. The largest absolute Gasteiger partial charge is 0.398 e. The molecule has 0 spiro atoms. The Morgan fingerprint density at radius 1 is 0.679 bits per heavy atom. The summed E-state index contributed by atoms with van der Waals surface area (Å²) in [6, 6.07) is 24.5. The molecule has 56 heavy (non-hydrogen) atoms. The SMILES string of the molecule is C.Clc1ccc2c(c1)CCc1cc(Br)cnc1[C@@H]2C1CCNCC1.Nc1ccccc1C(=O)N1CCC([C@@H]2c3ccc(Cl)cc3CCc3cc(Br)cnc32)CC1. The van der Waals surface area contributed by atoms with Gasteiger partial charge in [0.1, 0.15) is 0 Å². The van der Waals surface area contributed by atoms with Gasteiger partial charge in [-0.25, -0.2) is 0 Å². The zero-order chi connectivity index (χ0) is 38.1. The van der Waals surface area contributed by atoms with E-state index in [-0.39, 0.29) is 19.3 Å². The number of pyridine rings is 2. The highest BCUT2D eigenvalue weighted by atomic mass is 79.9. The highest BCUT2D eigenvalue weighted by Crippen LogP contribution is 2.44. The molecule has 2 fully saturated rings. The van der Waals surface area contributed by atoms with E-state index in [0.717, 1.165) is 83.7 Å². The second kappa shape index (κ2) is 18.1. The van der Waals surface area contributed by atoms with Crippen molar-refractivity contribution in [1.82, 2.24) is 20.2 Å². The molecule has 0 radical (unpaired) electrons. The van der Waals surface area contributed by atoms with Gasteiger partial charge in [-0.05, 0) is 190 Å². The number of amides is 1. The summed E-state index contributed by atoms with van der Waals surface area (Å²) in [5.41, 5.74) is 17.8. The molecular formula is C46H49Br2Cl2N5O. The van der Waals surface area contributed by atoms with Crippen molar-refractivity contribution in [2.24, 2.45) is 11.8 Å². The van der Waals surface area contributed by atoms with Gasteiger partial charge in [0, 0.05) is 62.0 Å². The molecule has 6 nitrogen and oxygen atoms in total. The number of fused-ring (bicyclic) bond motifs is 4. The number of benzene rings is 3. The Bertz CT molecular complexity index is 2090. The molecule has 2 atom stereocenters. The summed E-state index contributed by atoms with van der Waals surface area (Å²) < 4.78 is 2.09. The first-order valence-corrected chi connectivity index (χ1v) is 21.8. The lowest BCUT2D eigenvalue weighted by atomic mass is 9.76. The Morgan fingerprint density at radius 2 is 1.16 bits per heavy atom. The second-order valence-electron chi connectivity index (χ2n) is 15.3. The highest BCUT2D eigenvalue weighted by Gasteiger charge is 2.36. The molecule has 2 saturated heterocycles. The molecule has 2 aromatic heterocycles. The highest BCUT2D eigenvalue weighted by molar-refractivity contribution is 9.10. The van der Waals surface area contributed by atoms with Gasteiger partial charge in [-0.3, -0.25) is 14.8 Å². The average Bonchev–Trinajstić information content (AvgIpc) is 3.45. The number of nitrogens with two attached hydrogens (primary N) is 1. The van der Waals surface area contributed by atoms with Crippen LogP contribution in [0.2, 0.25) is 10.0 Å². The van der Waals surface area contributed by atoms with Crippen molar-refractivity contribution in [3.8, 4) is 0 Å². The summed E-state index contributed by atoms with van der Waals surface area (Å²) in [7, 11) is 0. The molecule has 5 aromatic rings. The van der Waals surface area contributed by atoms with Crippen molar-refractivity contribution in [3.05, 3.63) is 155 Å². The molecule has 4 heterocycles. The quantitative estimate of drug-likeness (QED) is 0.176. The Balaban J connectivity index is 0.000000177. The number of nitrogen functional groups attached to an aromatic ring is 1. The van der Waals surface area contributed by atoms with Gasteiger partial charge >= 0.3 is 0 Å². The van der Waals surface area contributed by atoms with Crippen molar-refractivity contribution >= 4 is 66.7 Å². The second-order valence-corrected chi connectivity index (χ2v) is 18.0. The Hall–Kier alpha value is -3.27. The molecule has 10 heteroatoms. The monoisotopic (exact) mass is 915 g/mol. The third kappa shape index (κ3) is 8.75. The van der Waals surface area contributed by atoms with Crippen LogP contribution in [0.4, 0.5) is 5.69 Å². The van der Waals surface area contributed by atoms with Gasteiger partial charge in [0.25, 0.3) is 5.91 Å². The zero-order valence-corrected chi connectivity index (χ0v) is 35.4. The Kier molecular flexibility index (Phi) is 13.2.